The molecule has 0 atom stereocenters. The van der Waals surface area contributed by atoms with E-state index < -0.39 is 0 Å². The van der Waals surface area contributed by atoms with E-state index in [4.69, 9.17) is 5.26 Å². The third kappa shape index (κ3) is 3.35. The highest BCUT2D eigenvalue weighted by atomic mass is 14.9. The summed E-state index contributed by atoms with van der Waals surface area (Å²) in [5.41, 5.74) is 5.57. The van der Waals surface area contributed by atoms with Gasteiger partial charge in [-0.1, -0.05) is 25.1 Å². The topological polar surface area (TPSA) is 35.8 Å². The van der Waals surface area contributed by atoms with Crippen molar-refractivity contribution >= 4 is 5.69 Å². The molecule has 0 bridgehead atoms. The van der Waals surface area contributed by atoms with E-state index in [9.17, 15) is 0 Å². The SMILES string of the molecule is CCc1cccc(NCc2ccc(C#N)cc2C)c1. The second-order valence-corrected chi connectivity index (χ2v) is 4.66. The van der Waals surface area contributed by atoms with Crippen LogP contribution in [0.5, 0.6) is 0 Å². The van der Waals surface area contributed by atoms with Crippen LogP contribution in [0.15, 0.2) is 42.5 Å². The summed E-state index contributed by atoms with van der Waals surface area (Å²) in [6.07, 6.45) is 1.05. The first-order valence-corrected chi connectivity index (χ1v) is 6.55. The highest BCUT2D eigenvalue weighted by Crippen LogP contribution is 2.15. The van der Waals surface area contributed by atoms with Gasteiger partial charge in [0.15, 0.2) is 0 Å². The third-order valence-electron chi connectivity index (χ3n) is 3.29. The van der Waals surface area contributed by atoms with Gasteiger partial charge in [-0.2, -0.15) is 5.26 Å². The van der Waals surface area contributed by atoms with Gasteiger partial charge in [0, 0.05) is 12.2 Å². The van der Waals surface area contributed by atoms with Crippen molar-refractivity contribution in [1.82, 2.24) is 0 Å². The molecule has 0 unspecified atom stereocenters. The molecule has 0 radical (unpaired) electrons. The summed E-state index contributed by atoms with van der Waals surface area (Å²) in [5, 5.41) is 12.3. The van der Waals surface area contributed by atoms with Crippen LogP contribution in [0.2, 0.25) is 0 Å². The Kier molecular flexibility index (Phi) is 4.20. The number of hydrogen-bond acceptors (Lipinski definition) is 2. The van der Waals surface area contributed by atoms with Gasteiger partial charge >= 0.3 is 0 Å². The minimum atomic E-state index is 0.717. The average molecular weight is 250 g/mol. The molecule has 2 aromatic rings. The molecule has 19 heavy (non-hydrogen) atoms. The van der Waals surface area contributed by atoms with E-state index >= 15 is 0 Å². The van der Waals surface area contributed by atoms with Crippen LogP contribution in [0.3, 0.4) is 0 Å². The first-order valence-electron chi connectivity index (χ1n) is 6.55. The quantitative estimate of drug-likeness (QED) is 0.888. The van der Waals surface area contributed by atoms with Gasteiger partial charge in [0.05, 0.1) is 11.6 Å². The van der Waals surface area contributed by atoms with Crippen molar-refractivity contribution in [3.63, 3.8) is 0 Å². The number of aryl methyl sites for hydroxylation is 2. The summed E-state index contributed by atoms with van der Waals surface area (Å²) in [6, 6.07) is 16.5. The molecule has 1 N–H and O–H groups in total. The molecule has 2 aromatic carbocycles. The van der Waals surface area contributed by atoms with Gasteiger partial charge in [-0.15, -0.1) is 0 Å². The van der Waals surface area contributed by atoms with E-state index in [1.54, 1.807) is 0 Å². The van der Waals surface area contributed by atoms with Gasteiger partial charge < -0.3 is 5.32 Å². The summed E-state index contributed by atoms with van der Waals surface area (Å²) < 4.78 is 0. The Labute approximate surface area is 114 Å². The molecule has 96 valence electrons. The fourth-order valence-corrected chi connectivity index (χ4v) is 2.06. The summed E-state index contributed by atoms with van der Waals surface area (Å²) in [6.45, 7) is 4.98. The zero-order valence-corrected chi connectivity index (χ0v) is 11.4. The molecule has 2 heteroatoms. The van der Waals surface area contributed by atoms with Crippen molar-refractivity contribution in [2.75, 3.05) is 5.32 Å². The van der Waals surface area contributed by atoms with E-state index in [0.717, 1.165) is 24.2 Å². The molecule has 2 nitrogen and oxygen atoms in total. The van der Waals surface area contributed by atoms with Crippen LogP contribution in [0, 0.1) is 18.3 Å². The number of nitriles is 1. The summed E-state index contributed by atoms with van der Waals surface area (Å²) >= 11 is 0. The molecule has 2 rings (SSSR count). The van der Waals surface area contributed by atoms with Gasteiger partial charge in [0.25, 0.3) is 0 Å². The van der Waals surface area contributed by atoms with E-state index in [1.807, 2.05) is 25.1 Å². The Hall–Kier alpha value is -2.27. The van der Waals surface area contributed by atoms with E-state index in [2.05, 4.69) is 42.6 Å². The number of rotatable bonds is 4. The normalized spacial score (nSPS) is 9.95. The minimum Gasteiger partial charge on any atom is -0.381 e. The molecule has 0 saturated heterocycles. The smallest absolute Gasteiger partial charge is 0.0991 e. The highest BCUT2D eigenvalue weighted by Gasteiger charge is 2.00. The molecule has 0 spiro atoms. The van der Waals surface area contributed by atoms with Gasteiger partial charge in [-0.25, -0.2) is 0 Å². The Morgan fingerprint density at radius 3 is 2.68 bits per heavy atom. The fourth-order valence-electron chi connectivity index (χ4n) is 2.06. The zero-order chi connectivity index (χ0) is 13.7. The average Bonchev–Trinajstić information content (AvgIpc) is 2.46. The number of hydrogen-bond donors (Lipinski definition) is 1. The molecule has 0 aliphatic carbocycles. The van der Waals surface area contributed by atoms with E-state index in [-0.39, 0.29) is 0 Å². The standard InChI is InChI=1S/C17H18N2/c1-3-14-5-4-6-17(10-14)19-12-16-8-7-15(11-18)9-13(16)2/h4-10,19H,3,12H2,1-2H3. The number of nitrogens with zero attached hydrogens (tertiary/aromatic N) is 1. The molecule has 0 amide bonds. The molecule has 0 heterocycles. The van der Waals surface area contributed by atoms with Crippen molar-refractivity contribution in [1.29, 1.82) is 5.26 Å². The van der Waals surface area contributed by atoms with Crippen LogP contribution in [0.4, 0.5) is 5.69 Å². The predicted octanol–water partition coefficient (Wildman–Crippen LogP) is 4.04. The monoisotopic (exact) mass is 250 g/mol. The molecule has 0 aliphatic heterocycles. The van der Waals surface area contributed by atoms with Gasteiger partial charge in [0.2, 0.25) is 0 Å². The Morgan fingerprint density at radius 1 is 1.16 bits per heavy atom. The lowest BCUT2D eigenvalue weighted by atomic mass is 10.1. The molecular formula is C17H18N2. The van der Waals surface area contributed by atoms with Crippen molar-refractivity contribution in [2.45, 2.75) is 26.8 Å². The molecule has 0 saturated carbocycles. The first-order chi connectivity index (χ1) is 9.22. The van der Waals surface area contributed by atoms with Crippen LogP contribution in [0.1, 0.15) is 29.2 Å². The predicted molar refractivity (Wildman–Crippen MR) is 79.0 cm³/mol. The zero-order valence-electron chi connectivity index (χ0n) is 11.4. The largest absolute Gasteiger partial charge is 0.381 e. The second kappa shape index (κ2) is 6.06. The van der Waals surface area contributed by atoms with Crippen molar-refractivity contribution in [2.24, 2.45) is 0 Å². The molecular weight excluding hydrogens is 232 g/mol. The molecule has 0 aliphatic rings. The van der Waals surface area contributed by atoms with E-state index in [0.29, 0.717) is 5.56 Å². The van der Waals surface area contributed by atoms with Crippen LogP contribution in [0.25, 0.3) is 0 Å². The Bertz CT molecular complexity index is 609. The van der Waals surface area contributed by atoms with Gasteiger partial charge in [-0.05, 0) is 54.3 Å². The Morgan fingerprint density at radius 2 is 2.00 bits per heavy atom. The maximum atomic E-state index is 8.85. The van der Waals surface area contributed by atoms with Crippen LogP contribution in [-0.2, 0) is 13.0 Å². The highest BCUT2D eigenvalue weighted by molar-refractivity contribution is 5.47. The number of nitrogens with one attached hydrogen (secondary N) is 1. The maximum Gasteiger partial charge on any atom is 0.0991 e. The van der Waals surface area contributed by atoms with Gasteiger partial charge in [0.1, 0.15) is 0 Å². The first kappa shape index (κ1) is 13.2. The lowest BCUT2D eigenvalue weighted by molar-refractivity contribution is 1.10. The van der Waals surface area contributed by atoms with Crippen LogP contribution in [-0.4, -0.2) is 0 Å². The van der Waals surface area contributed by atoms with Crippen molar-refractivity contribution in [3.8, 4) is 6.07 Å². The molecule has 0 fully saturated rings. The fraction of sp³-hybridized carbons (Fsp3) is 0.235. The second-order valence-electron chi connectivity index (χ2n) is 4.66. The molecule has 0 aromatic heterocycles. The number of anilines is 1. The van der Waals surface area contributed by atoms with Crippen LogP contribution >= 0.6 is 0 Å². The number of benzene rings is 2. The van der Waals surface area contributed by atoms with E-state index in [1.165, 1.54) is 11.1 Å². The Balaban J connectivity index is 2.08. The lowest BCUT2D eigenvalue weighted by Crippen LogP contribution is -2.01. The minimum absolute atomic E-state index is 0.717. The van der Waals surface area contributed by atoms with Crippen LogP contribution < -0.4 is 5.32 Å². The lowest BCUT2D eigenvalue weighted by Gasteiger charge is -2.10. The summed E-state index contributed by atoms with van der Waals surface area (Å²) in [7, 11) is 0. The van der Waals surface area contributed by atoms with Gasteiger partial charge in [-0.3, -0.25) is 0 Å². The summed E-state index contributed by atoms with van der Waals surface area (Å²) in [4.78, 5) is 0. The van der Waals surface area contributed by atoms with Crippen molar-refractivity contribution in [3.05, 3.63) is 64.7 Å². The van der Waals surface area contributed by atoms with Crippen molar-refractivity contribution < 1.29 is 0 Å². The third-order valence-corrected chi connectivity index (χ3v) is 3.29. The maximum absolute atomic E-state index is 8.85. The summed E-state index contributed by atoms with van der Waals surface area (Å²) in [5.74, 6) is 0.